The van der Waals surface area contributed by atoms with Crippen molar-refractivity contribution in [3.8, 4) is 0 Å². The third-order valence-electron chi connectivity index (χ3n) is 3.44. The Bertz CT molecular complexity index is 671. The number of carbonyl (C=O) groups is 4. The van der Waals surface area contributed by atoms with Crippen LogP contribution in [0.3, 0.4) is 0 Å². The first kappa shape index (κ1) is 16.5. The SMILES string of the molecule is Cc1ccc(C(=O)NCCC(=O)O)cc1N1CCC(=O)NC1=O. The lowest BCUT2D eigenvalue weighted by atomic mass is 10.1. The fraction of sp³-hybridized carbons (Fsp3) is 0.333. The van der Waals surface area contributed by atoms with Gasteiger partial charge in [0.25, 0.3) is 5.91 Å². The number of hydrogen-bond acceptors (Lipinski definition) is 4. The largest absolute Gasteiger partial charge is 0.481 e. The van der Waals surface area contributed by atoms with Gasteiger partial charge in [0.05, 0.1) is 6.42 Å². The molecule has 8 heteroatoms. The smallest absolute Gasteiger partial charge is 0.328 e. The Hall–Kier alpha value is -2.90. The van der Waals surface area contributed by atoms with Gasteiger partial charge in [-0.3, -0.25) is 24.6 Å². The number of rotatable bonds is 5. The van der Waals surface area contributed by atoms with Gasteiger partial charge in [-0.25, -0.2) is 4.79 Å². The van der Waals surface area contributed by atoms with E-state index in [2.05, 4.69) is 10.6 Å². The fourth-order valence-corrected chi connectivity index (χ4v) is 2.22. The summed E-state index contributed by atoms with van der Waals surface area (Å²) in [7, 11) is 0. The average molecular weight is 319 g/mol. The summed E-state index contributed by atoms with van der Waals surface area (Å²) in [6, 6.07) is 4.33. The number of hydrogen-bond donors (Lipinski definition) is 3. The number of anilines is 1. The normalized spacial score (nSPS) is 14.4. The molecule has 23 heavy (non-hydrogen) atoms. The summed E-state index contributed by atoms with van der Waals surface area (Å²) in [6.45, 7) is 2.07. The van der Waals surface area contributed by atoms with Crippen molar-refractivity contribution in [2.24, 2.45) is 0 Å². The third-order valence-corrected chi connectivity index (χ3v) is 3.44. The van der Waals surface area contributed by atoms with Gasteiger partial charge < -0.3 is 10.4 Å². The van der Waals surface area contributed by atoms with Gasteiger partial charge in [0.15, 0.2) is 0 Å². The predicted octanol–water partition coefficient (Wildman–Crippen LogP) is 0.646. The van der Waals surface area contributed by atoms with E-state index in [1.54, 1.807) is 25.1 Å². The molecule has 1 heterocycles. The molecule has 1 aromatic carbocycles. The molecule has 0 spiro atoms. The minimum atomic E-state index is -0.996. The van der Waals surface area contributed by atoms with Crippen molar-refractivity contribution in [2.75, 3.05) is 18.0 Å². The minimum Gasteiger partial charge on any atom is -0.481 e. The van der Waals surface area contributed by atoms with E-state index in [4.69, 9.17) is 5.11 Å². The summed E-state index contributed by atoms with van der Waals surface area (Å²) >= 11 is 0. The van der Waals surface area contributed by atoms with Crippen LogP contribution in [0.4, 0.5) is 10.5 Å². The van der Waals surface area contributed by atoms with Crippen molar-refractivity contribution < 1.29 is 24.3 Å². The summed E-state index contributed by atoms with van der Waals surface area (Å²) in [5.41, 5.74) is 1.65. The highest BCUT2D eigenvalue weighted by Gasteiger charge is 2.25. The van der Waals surface area contributed by atoms with Crippen LogP contribution in [0.1, 0.15) is 28.8 Å². The van der Waals surface area contributed by atoms with E-state index in [1.807, 2.05) is 0 Å². The maximum absolute atomic E-state index is 12.0. The number of nitrogens with zero attached hydrogens (tertiary/aromatic N) is 1. The van der Waals surface area contributed by atoms with E-state index >= 15 is 0 Å². The van der Waals surface area contributed by atoms with Crippen LogP contribution >= 0.6 is 0 Å². The van der Waals surface area contributed by atoms with Crippen molar-refractivity contribution >= 4 is 29.5 Å². The number of carboxylic acid groups (broad SMARTS) is 1. The molecule has 4 amide bonds. The van der Waals surface area contributed by atoms with Gasteiger partial charge in [0.1, 0.15) is 0 Å². The lowest BCUT2D eigenvalue weighted by molar-refractivity contribution is -0.136. The fourth-order valence-electron chi connectivity index (χ4n) is 2.22. The highest BCUT2D eigenvalue weighted by molar-refractivity contribution is 6.06. The number of carbonyl (C=O) groups excluding carboxylic acids is 3. The summed E-state index contributed by atoms with van der Waals surface area (Å²) in [5.74, 6) is -1.74. The number of amides is 4. The lowest BCUT2D eigenvalue weighted by Crippen LogP contribution is -2.49. The number of aliphatic carboxylic acids is 1. The van der Waals surface area contributed by atoms with Crippen LogP contribution in [-0.4, -0.2) is 42.0 Å². The summed E-state index contributed by atoms with van der Waals surface area (Å²) in [5, 5.41) is 13.3. The van der Waals surface area contributed by atoms with E-state index in [0.717, 1.165) is 5.56 Å². The third kappa shape index (κ3) is 4.06. The topological polar surface area (TPSA) is 116 Å². The van der Waals surface area contributed by atoms with Crippen LogP contribution in [0.15, 0.2) is 18.2 Å². The van der Waals surface area contributed by atoms with Gasteiger partial charge in [-0.05, 0) is 24.6 Å². The molecule has 1 aliphatic rings. The van der Waals surface area contributed by atoms with Gasteiger partial charge in [0.2, 0.25) is 5.91 Å². The van der Waals surface area contributed by atoms with Crippen LogP contribution in [0, 0.1) is 6.92 Å². The Morgan fingerprint density at radius 1 is 1.35 bits per heavy atom. The zero-order valence-corrected chi connectivity index (χ0v) is 12.6. The highest BCUT2D eigenvalue weighted by atomic mass is 16.4. The molecule has 1 fully saturated rings. The molecule has 1 aliphatic heterocycles. The Morgan fingerprint density at radius 3 is 2.74 bits per heavy atom. The first-order chi connectivity index (χ1) is 10.9. The average Bonchev–Trinajstić information content (AvgIpc) is 2.48. The summed E-state index contributed by atoms with van der Waals surface area (Å²) in [6.07, 6.45) is 0.0291. The zero-order valence-electron chi connectivity index (χ0n) is 12.6. The second kappa shape index (κ2) is 6.91. The highest BCUT2D eigenvalue weighted by Crippen LogP contribution is 2.23. The first-order valence-electron chi connectivity index (χ1n) is 7.10. The van der Waals surface area contributed by atoms with Gasteiger partial charge in [-0.2, -0.15) is 0 Å². The molecule has 0 saturated carbocycles. The van der Waals surface area contributed by atoms with E-state index < -0.39 is 17.9 Å². The van der Waals surface area contributed by atoms with Crippen molar-refractivity contribution in [3.05, 3.63) is 29.3 Å². The van der Waals surface area contributed by atoms with Crippen molar-refractivity contribution in [3.63, 3.8) is 0 Å². The maximum Gasteiger partial charge on any atom is 0.328 e. The van der Waals surface area contributed by atoms with Crippen molar-refractivity contribution in [1.82, 2.24) is 10.6 Å². The van der Waals surface area contributed by atoms with E-state index in [1.165, 1.54) is 4.90 Å². The number of nitrogens with one attached hydrogen (secondary N) is 2. The number of imide groups is 1. The quantitative estimate of drug-likeness (QED) is 0.737. The first-order valence-corrected chi connectivity index (χ1v) is 7.10. The number of urea groups is 1. The van der Waals surface area contributed by atoms with Crippen LogP contribution in [0.2, 0.25) is 0 Å². The number of benzene rings is 1. The van der Waals surface area contributed by atoms with Crippen LogP contribution in [0.5, 0.6) is 0 Å². The second-order valence-electron chi connectivity index (χ2n) is 5.16. The Kier molecular flexibility index (Phi) is 4.95. The maximum atomic E-state index is 12.0. The molecule has 0 bridgehead atoms. The number of carboxylic acids is 1. The Balaban J connectivity index is 2.15. The minimum absolute atomic E-state index is 0.0239. The van der Waals surface area contributed by atoms with E-state index in [-0.39, 0.29) is 31.8 Å². The Labute approximate surface area is 132 Å². The predicted molar refractivity (Wildman–Crippen MR) is 81.3 cm³/mol. The Morgan fingerprint density at radius 2 is 2.09 bits per heavy atom. The van der Waals surface area contributed by atoms with Gasteiger partial charge >= 0.3 is 12.0 Å². The van der Waals surface area contributed by atoms with Gasteiger partial charge in [0, 0.05) is 30.8 Å². The molecule has 0 atom stereocenters. The van der Waals surface area contributed by atoms with Gasteiger partial charge in [-0.1, -0.05) is 6.07 Å². The molecule has 0 unspecified atom stereocenters. The number of aryl methyl sites for hydroxylation is 1. The molecular weight excluding hydrogens is 302 g/mol. The second-order valence-corrected chi connectivity index (χ2v) is 5.16. The molecule has 0 aromatic heterocycles. The van der Waals surface area contributed by atoms with Crippen LogP contribution in [-0.2, 0) is 9.59 Å². The van der Waals surface area contributed by atoms with Crippen LogP contribution < -0.4 is 15.5 Å². The van der Waals surface area contributed by atoms with E-state index in [0.29, 0.717) is 11.3 Å². The van der Waals surface area contributed by atoms with E-state index in [9.17, 15) is 19.2 Å². The molecular formula is C15H17N3O5. The van der Waals surface area contributed by atoms with Gasteiger partial charge in [-0.15, -0.1) is 0 Å². The zero-order chi connectivity index (χ0) is 17.0. The summed E-state index contributed by atoms with van der Waals surface area (Å²) < 4.78 is 0. The standard InChI is InChI=1S/C15H17N3O5/c1-9-2-3-10(14(22)16-6-4-13(20)21)8-11(9)18-7-5-12(19)17-15(18)23/h2-3,8H,4-7H2,1H3,(H,16,22)(H,20,21)(H,17,19,23). The molecule has 3 N–H and O–H groups in total. The molecule has 2 rings (SSSR count). The molecule has 0 aliphatic carbocycles. The molecule has 1 saturated heterocycles. The molecule has 122 valence electrons. The van der Waals surface area contributed by atoms with Crippen molar-refractivity contribution in [2.45, 2.75) is 19.8 Å². The molecule has 8 nitrogen and oxygen atoms in total. The monoisotopic (exact) mass is 319 g/mol. The van der Waals surface area contributed by atoms with Crippen LogP contribution in [0.25, 0.3) is 0 Å². The van der Waals surface area contributed by atoms with Crippen molar-refractivity contribution in [1.29, 1.82) is 0 Å². The lowest BCUT2D eigenvalue weighted by Gasteiger charge is -2.28. The molecule has 1 aromatic rings. The summed E-state index contributed by atoms with van der Waals surface area (Å²) in [4.78, 5) is 47.0. The molecule has 0 radical (unpaired) electrons.